The average molecular weight is 258 g/mol. The van der Waals surface area contributed by atoms with Gasteiger partial charge in [0.05, 0.1) is 16.6 Å². The number of hydrogen-bond acceptors (Lipinski definition) is 3. The summed E-state index contributed by atoms with van der Waals surface area (Å²) in [6.45, 7) is 4.44. The number of nitrogens with one attached hydrogen (secondary N) is 1. The van der Waals surface area contributed by atoms with E-state index >= 15 is 0 Å². The van der Waals surface area contributed by atoms with Gasteiger partial charge in [0.25, 0.3) is 0 Å². The van der Waals surface area contributed by atoms with Crippen LogP contribution < -0.4 is 11.1 Å². The van der Waals surface area contributed by atoms with Crippen molar-refractivity contribution in [1.29, 1.82) is 0 Å². The van der Waals surface area contributed by atoms with Gasteiger partial charge in [-0.2, -0.15) is 0 Å². The van der Waals surface area contributed by atoms with Gasteiger partial charge in [0, 0.05) is 13.0 Å². The Labute approximate surface area is 108 Å². The predicted molar refractivity (Wildman–Crippen MR) is 71.8 cm³/mol. The molecule has 1 heterocycles. The van der Waals surface area contributed by atoms with Crippen molar-refractivity contribution in [1.82, 2.24) is 5.32 Å². The van der Waals surface area contributed by atoms with E-state index in [1.165, 1.54) is 6.42 Å². The van der Waals surface area contributed by atoms with Crippen molar-refractivity contribution < 1.29 is 9.53 Å². The summed E-state index contributed by atoms with van der Waals surface area (Å²) in [7, 11) is 0. The zero-order chi connectivity index (χ0) is 12.9. The Hall–Kier alpha value is -0.680. The van der Waals surface area contributed by atoms with Crippen LogP contribution in [-0.2, 0) is 9.53 Å². The van der Waals surface area contributed by atoms with Gasteiger partial charge in [-0.25, -0.2) is 0 Å². The summed E-state index contributed by atoms with van der Waals surface area (Å²) in [5.41, 5.74) is 4.94. The van der Waals surface area contributed by atoms with Crippen LogP contribution in [0.1, 0.15) is 46.0 Å². The van der Waals surface area contributed by atoms with Crippen LogP contribution in [0.3, 0.4) is 0 Å². The van der Waals surface area contributed by atoms with Crippen molar-refractivity contribution in [2.45, 2.75) is 57.6 Å². The molecule has 0 aromatic carbocycles. The largest absolute Gasteiger partial charge is 0.391 e. The highest BCUT2D eigenvalue weighted by Crippen LogP contribution is 2.17. The smallest absolute Gasteiger partial charge is 0.220 e. The van der Waals surface area contributed by atoms with Crippen LogP contribution in [0.2, 0.25) is 0 Å². The zero-order valence-corrected chi connectivity index (χ0v) is 11.4. The van der Waals surface area contributed by atoms with Gasteiger partial charge < -0.3 is 15.8 Å². The molecule has 1 atom stereocenters. The Morgan fingerprint density at radius 2 is 2.24 bits per heavy atom. The van der Waals surface area contributed by atoms with Gasteiger partial charge in [-0.05, 0) is 39.5 Å². The molecule has 0 saturated carbocycles. The first-order valence-corrected chi connectivity index (χ1v) is 6.55. The predicted octanol–water partition coefficient (Wildman–Crippen LogP) is 1.52. The molecule has 0 aromatic rings. The van der Waals surface area contributed by atoms with E-state index in [4.69, 9.17) is 22.7 Å². The van der Waals surface area contributed by atoms with E-state index in [0.29, 0.717) is 11.4 Å². The molecule has 1 rings (SSSR count). The highest BCUT2D eigenvalue weighted by Gasteiger charge is 2.24. The number of hydrogen-bond donors (Lipinski definition) is 2. The third kappa shape index (κ3) is 5.00. The third-order valence-electron chi connectivity index (χ3n) is 3.04. The van der Waals surface area contributed by atoms with E-state index in [2.05, 4.69) is 5.32 Å². The number of nitrogens with two attached hydrogens (primary N) is 1. The number of amides is 1. The molecular weight excluding hydrogens is 236 g/mol. The summed E-state index contributed by atoms with van der Waals surface area (Å²) in [4.78, 5) is 12.0. The van der Waals surface area contributed by atoms with Gasteiger partial charge in [-0.15, -0.1) is 0 Å². The molecule has 17 heavy (non-hydrogen) atoms. The van der Waals surface area contributed by atoms with Gasteiger partial charge in [0.1, 0.15) is 0 Å². The Kier molecular flexibility index (Phi) is 5.33. The first-order chi connectivity index (χ1) is 7.92. The van der Waals surface area contributed by atoms with E-state index in [-0.39, 0.29) is 12.0 Å². The maximum Gasteiger partial charge on any atom is 0.220 e. The highest BCUT2D eigenvalue weighted by molar-refractivity contribution is 7.80. The maximum absolute atomic E-state index is 11.7. The third-order valence-corrected chi connectivity index (χ3v) is 3.55. The van der Waals surface area contributed by atoms with Crippen molar-refractivity contribution >= 4 is 23.1 Å². The molecule has 1 fully saturated rings. The first-order valence-electron chi connectivity index (χ1n) is 6.14. The first kappa shape index (κ1) is 14.4. The minimum atomic E-state index is -0.611. The van der Waals surface area contributed by atoms with Crippen molar-refractivity contribution in [2.24, 2.45) is 5.73 Å². The Morgan fingerprint density at radius 1 is 1.53 bits per heavy atom. The number of rotatable bonds is 5. The van der Waals surface area contributed by atoms with E-state index in [9.17, 15) is 4.79 Å². The van der Waals surface area contributed by atoms with Crippen molar-refractivity contribution in [3.63, 3.8) is 0 Å². The van der Waals surface area contributed by atoms with Gasteiger partial charge in [-0.1, -0.05) is 12.2 Å². The lowest BCUT2D eigenvalue weighted by Crippen LogP contribution is -2.52. The summed E-state index contributed by atoms with van der Waals surface area (Å²) in [6.07, 6.45) is 4.88. The summed E-state index contributed by atoms with van der Waals surface area (Å²) in [5.74, 6) is -0.0167. The molecule has 1 unspecified atom stereocenters. The van der Waals surface area contributed by atoms with Crippen LogP contribution >= 0.6 is 12.2 Å². The topological polar surface area (TPSA) is 64.3 Å². The molecule has 0 aliphatic carbocycles. The number of carbonyl (C=O) groups excluding carboxylic acids is 1. The van der Waals surface area contributed by atoms with Crippen molar-refractivity contribution in [2.75, 3.05) is 6.61 Å². The van der Waals surface area contributed by atoms with Gasteiger partial charge >= 0.3 is 0 Å². The molecular formula is C12H22N2O2S. The summed E-state index contributed by atoms with van der Waals surface area (Å²) < 4.78 is 5.58. The number of thiocarbonyl (C=S) groups is 1. The number of carbonyl (C=O) groups is 1. The molecule has 1 aliphatic rings. The van der Waals surface area contributed by atoms with Crippen LogP contribution in [-0.4, -0.2) is 29.1 Å². The second-order valence-corrected chi connectivity index (χ2v) is 5.50. The molecule has 98 valence electrons. The molecule has 0 radical (unpaired) electrons. The molecule has 4 nitrogen and oxygen atoms in total. The van der Waals surface area contributed by atoms with Crippen LogP contribution in [0.15, 0.2) is 0 Å². The van der Waals surface area contributed by atoms with Gasteiger partial charge in [-0.3, -0.25) is 4.79 Å². The lowest BCUT2D eigenvalue weighted by Gasteiger charge is -2.26. The second-order valence-electron chi connectivity index (χ2n) is 5.06. The van der Waals surface area contributed by atoms with Crippen LogP contribution in [0.25, 0.3) is 0 Å². The number of ether oxygens (including phenoxy) is 1. The molecule has 0 aromatic heterocycles. The molecule has 1 amide bonds. The fourth-order valence-electron chi connectivity index (χ4n) is 1.80. The Bertz CT molecular complexity index is 286. The Balaban J connectivity index is 2.27. The van der Waals surface area contributed by atoms with Crippen LogP contribution in [0.4, 0.5) is 0 Å². The summed E-state index contributed by atoms with van der Waals surface area (Å²) in [5, 5.41) is 2.83. The van der Waals surface area contributed by atoms with Crippen LogP contribution in [0, 0.1) is 0 Å². The summed E-state index contributed by atoms with van der Waals surface area (Å²) >= 11 is 4.90. The highest BCUT2D eigenvalue weighted by atomic mass is 32.1. The molecule has 1 aliphatic heterocycles. The fourth-order valence-corrected chi connectivity index (χ4v) is 1.85. The lowest BCUT2D eigenvalue weighted by atomic mass is 10.0. The molecule has 1 saturated heterocycles. The standard InChI is InChI=1S/C12H22N2O2S/c1-12(2,11(13)17)14-10(15)7-6-9-5-3-4-8-16-9/h9H,3-8H2,1-2H3,(H2,13,17)(H,14,15). The monoisotopic (exact) mass is 258 g/mol. The van der Waals surface area contributed by atoms with Gasteiger partial charge in [0.15, 0.2) is 0 Å². The molecule has 0 bridgehead atoms. The minimum absolute atomic E-state index is 0.0167. The normalized spacial score (nSPS) is 20.9. The average Bonchev–Trinajstić information content (AvgIpc) is 2.27. The quantitative estimate of drug-likeness (QED) is 0.734. The van der Waals surface area contributed by atoms with Crippen molar-refractivity contribution in [3.8, 4) is 0 Å². The summed E-state index contributed by atoms with van der Waals surface area (Å²) in [6, 6.07) is 0. The minimum Gasteiger partial charge on any atom is -0.391 e. The molecule has 3 N–H and O–H groups in total. The SMILES string of the molecule is CC(C)(NC(=O)CCC1CCCCO1)C(N)=S. The van der Waals surface area contributed by atoms with E-state index < -0.39 is 5.54 Å². The Morgan fingerprint density at radius 3 is 2.76 bits per heavy atom. The van der Waals surface area contributed by atoms with Crippen molar-refractivity contribution in [3.05, 3.63) is 0 Å². The van der Waals surface area contributed by atoms with E-state index in [0.717, 1.165) is 25.9 Å². The van der Waals surface area contributed by atoms with E-state index in [1.807, 2.05) is 13.8 Å². The van der Waals surface area contributed by atoms with Crippen LogP contribution in [0.5, 0.6) is 0 Å². The lowest BCUT2D eigenvalue weighted by molar-refractivity contribution is -0.123. The molecule has 5 heteroatoms. The fraction of sp³-hybridized carbons (Fsp3) is 0.833. The van der Waals surface area contributed by atoms with Gasteiger partial charge in [0.2, 0.25) is 5.91 Å². The second kappa shape index (κ2) is 6.31. The molecule has 0 spiro atoms. The maximum atomic E-state index is 11.7. The van der Waals surface area contributed by atoms with E-state index in [1.54, 1.807) is 0 Å². The zero-order valence-electron chi connectivity index (χ0n) is 10.6.